The third-order valence-corrected chi connectivity index (χ3v) is 4.45. The second kappa shape index (κ2) is 6.44. The van der Waals surface area contributed by atoms with Crippen LogP contribution in [0.15, 0.2) is 66.4 Å². The SMILES string of the molecule is CC1=C(C(=O)Nc2ccccc2C)C(c2ccncc2)n2ncnc2N1. The van der Waals surface area contributed by atoms with E-state index in [0.29, 0.717) is 11.5 Å². The maximum atomic E-state index is 13.2. The maximum Gasteiger partial charge on any atom is 0.255 e. The van der Waals surface area contributed by atoms with Crippen LogP contribution in [0.1, 0.15) is 24.1 Å². The fraction of sp³-hybridized carbons (Fsp3) is 0.158. The van der Waals surface area contributed by atoms with Crippen molar-refractivity contribution in [2.75, 3.05) is 10.6 Å². The fourth-order valence-electron chi connectivity index (χ4n) is 3.14. The van der Waals surface area contributed by atoms with Gasteiger partial charge in [0.15, 0.2) is 0 Å². The Labute approximate surface area is 150 Å². The summed E-state index contributed by atoms with van der Waals surface area (Å²) in [4.78, 5) is 21.5. The van der Waals surface area contributed by atoms with Gasteiger partial charge >= 0.3 is 0 Å². The highest BCUT2D eigenvalue weighted by atomic mass is 16.1. The first-order valence-electron chi connectivity index (χ1n) is 8.29. The zero-order valence-electron chi connectivity index (χ0n) is 14.5. The van der Waals surface area contributed by atoms with Crippen LogP contribution in [0.5, 0.6) is 0 Å². The second-order valence-corrected chi connectivity index (χ2v) is 6.14. The molecule has 130 valence electrons. The quantitative estimate of drug-likeness (QED) is 0.762. The van der Waals surface area contributed by atoms with Gasteiger partial charge < -0.3 is 10.6 Å². The first-order valence-corrected chi connectivity index (χ1v) is 8.29. The lowest BCUT2D eigenvalue weighted by Crippen LogP contribution is -2.31. The maximum absolute atomic E-state index is 13.2. The first-order chi connectivity index (χ1) is 12.6. The monoisotopic (exact) mass is 346 g/mol. The Bertz CT molecular complexity index is 992. The molecule has 7 nitrogen and oxygen atoms in total. The topological polar surface area (TPSA) is 84.7 Å². The number of hydrogen-bond donors (Lipinski definition) is 2. The van der Waals surface area contributed by atoms with Gasteiger partial charge in [-0.15, -0.1) is 0 Å². The molecule has 3 aromatic rings. The lowest BCUT2D eigenvalue weighted by atomic mass is 9.95. The number of carbonyl (C=O) groups excluding carboxylic acids is 1. The second-order valence-electron chi connectivity index (χ2n) is 6.14. The van der Waals surface area contributed by atoms with Crippen molar-refractivity contribution in [1.82, 2.24) is 19.7 Å². The zero-order valence-corrected chi connectivity index (χ0v) is 14.5. The van der Waals surface area contributed by atoms with Crippen molar-refractivity contribution in [1.29, 1.82) is 0 Å². The minimum Gasteiger partial charge on any atom is -0.328 e. The minimum absolute atomic E-state index is 0.174. The number of aromatic nitrogens is 4. The van der Waals surface area contributed by atoms with E-state index in [2.05, 4.69) is 25.7 Å². The molecule has 0 saturated carbocycles. The van der Waals surface area contributed by atoms with Crippen LogP contribution in [-0.4, -0.2) is 25.7 Å². The lowest BCUT2D eigenvalue weighted by Gasteiger charge is -2.28. The molecule has 4 rings (SSSR count). The molecule has 1 atom stereocenters. The lowest BCUT2D eigenvalue weighted by molar-refractivity contribution is -0.113. The molecule has 1 amide bonds. The van der Waals surface area contributed by atoms with Crippen molar-refractivity contribution >= 4 is 17.5 Å². The van der Waals surface area contributed by atoms with Crippen molar-refractivity contribution in [2.45, 2.75) is 19.9 Å². The molecule has 26 heavy (non-hydrogen) atoms. The molecule has 2 aromatic heterocycles. The molecular formula is C19H18N6O. The summed E-state index contributed by atoms with van der Waals surface area (Å²) < 4.78 is 1.72. The van der Waals surface area contributed by atoms with Gasteiger partial charge in [0.05, 0.1) is 5.57 Å². The van der Waals surface area contributed by atoms with E-state index >= 15 is 0 Å². The standard InChI is InChI=1S/C19H18N6O/c1-12-5-3-4-6-15(12)24-18(26)16-13(2)23-19-21-11-22-25(19)17(16)14-7-9-20-10-8-14/h3-11,17H,1-2H3,(H,24,26)(H,21,22,23). The van der Waals surface area contributed by atoms with E-state index < -0.39 is 0 Å². The Hall–Kier alpha value is -3.48. The summed E-state index contributed by atoms with van der Waals surface area (Å²) in [5.41, 5.74) is 4.05. The molecule has 0 aliphatic carbocycles. The van der Waals surface area contributed by atoms with Gasteiger partial charge in [0.2, 0.25) is 5.95 Å². The van der Waals surface area contributed by atoms with Crippen LogP contribution in [0.3, 0.4) is 0 Å². The molecular weight excluding hydrogens is 328 g/mol. The predicted molar refractivity (Wildman–Crippen MR) is 98.5 cm³/mol. The summed E-state index contributed by atoms with van der Waals surface area (Å²) in [5.74, 6) is 0.434. The summed E-state index contributed by atoms with van der Waals surface area (Å²) in [6.45, 7) is 3.84. The van der Waals surface area contributed by atoms with Crippen molar-refractivity contribution in [3.8, 4) is 0 Å². The van der Waals surface area contributed by atoms with Crippen molar-refractivity contribution in [3.63, 3.8) is 0 Å². The van der Waals surface area contributed by atoms with Crippen LogP contribution in [0.2, 0.25) is 0 Å². The molecule has 0 fully saturated rings. The number of amides is 1. The van der Waals surface area contributed by atoms with Gasteiger partial charge in [-0.05, 0) is 43.2 Å². The number of nitrogens with one attached hydrogen (secondary N) is 2. The van der Waals surface area contributed by atoms with E-state index in [1.54, 1.807) is 17.1 Å². The van der Waals surface area contributed by atoms with E-state index in [0.717, 1.165) is 22.5 Å². The normalized spacial score (nSPS) is 16.0. The number of pyridine rings is 1. The van der Waals surface area contributed by atoms with E-state index in [1.807, 2.05) is 50.2 Å². The average molecular weight is 346 g/mol. The van der Waals surface area contributed by atoms with Gasteiger partial charge in [-0.1, -0.05) is 18.2 Å². The number of allylic oxidation sites excluding steroid dienone is 1. The fourth-order valence-corrected chi connectivity index (χ4v) is 3.14. The molecule has 1 aliphatic heterocycles. The summed E-state index contributed by atoms with van der Waals surface area (Å²) >= 11 is 0. The number of nitrogens with zero attached hydrogens (tertiary/aromatic N) is 4. The molecule has 3 heterocycles. The number of para-hydroxylation sites is 1. The van der Waals surface area contributed by atoms with Crippen LogP contribution >= 0.6 is 0 Å². The van der Waals surface area contributed by atoms with Crippen molar-refractivity contribution < 1.29 is 4.79 Å². The Morgan fingerprint density at radius 3 is 2.69 bits per heavy atom. The number of rotatable bonds is 3. The largest absolute Gasteiger partial charge is 0.328 e. The Morgan fingerprint density at radius 2 is 1.92 bits per heavy atom. The van der Waals surface area contributed by atoms with E-state index in [9.17, 15) is 4.79 Å². The van der Waals surface area contributed by atoms with Crippen LogP contribution < -0.4 is 10.6 Å². The molecule has 1 aromatic carbocycles. The highest BCUT2D eigenvalue weighted by Gasteiger charge is 2.33. The van der Waals surface area contributed by atoms with Gasteiger partial charge in [-0.25, -0.2) is 4.68 Å². The summed E-state index contributed by atoms with van der Waals surface area (Å²) in [6, 6.07) is 11.1. The third-order valence-electron chi connectivity index (χ3n) is 4.45. The predicted octanol–water partition coefficient (Wildman–Crippen LogP) is 2.91. The smallest absolute Gasteiger partial charge is 0.255 e. The van der Waals surface area contributed by atoms with Crippen LogP contribution in [0.4, 0.5) is 11.6 Å². The number of carbonyl (C=O) groups is 1. The number of anilines is 2. The zero-order chi connectivity index (χ0) is 18.1. The summed E-state index contributed by atoms with van der Waals surface area (Å²) in [7, 11) is 0. The van der Waals surface area contributed by atoms with Gasteiger partial charge in [-0.2, -0.15) is 10.1 Å². The van der Waals surface area contributed by atoms with Crippen LogP contribution in [-0.2, 0) is 4.79 Å². The Kier molecular flexibility index (Phi) is 3.96. The van der Waals surface area contributed by atoms with Gasteiger partial charge in [0.25, 0.3) is 5.91 Å². The van der Waals surface area contributed by atoms with Crippen LogP contribution in [0, 0.1) is 6.92 Å². The van der Waals surface area contributed by atoms with Gasteiger partial charge in [0.1, 0.15) is 12.4 Å². The number of hydrogen-bond acceptors (Lipinski definition) is 5. The third kappa shape index (κ3) is 2.73. The highest BCUT2D eigenvalue weighted by Crippen LogP contribution is 2.34. The Balaban J connectivity index is 1.77. The minimum atomic E-state index is -0.374. The number of aryl methyl sites for hydroxylation is 1. The molecule has 7 heteroatoms. The molecule has 1 unspecified atom stereocenters. The van der Waals surface area contributed by atoms with Crippen molar-refractivity contribution in [3.05, 3.63) is 77.5 Å². The molecule has 0 radical (unpaired) electrons. The van der Waals surface area contributed by atoms with E-state index in [1.165, 1.54) is 6.33 Å². The molecule has 0 bridgehead atoms. The molecule has 0 saturated heterocycles. The van der Waals surface area contributed by atoms with Crippen LogP contribution in [0.25, 0.3) is 0 Å². The van der Waals surface area contributed by atoms with E-state index in [-0.39, 0.29) is 11.9 Å². The average Bonchev–Trinajstić information content (AvgIpc) is 3.11. The molecule has 0 spiro atoms. The number of benzene rings is 1. The summed E-state index contributed by atoms with van der Waals surface area (Å²) in [5, 5.41) is 10.5. The Morgan fingerprint density at radius 1 is 1.15 bits per heavy atom. The highest BCUT2D eigenvalue weighted by molar-refractivity contribution is 6.06. The van der Waals surface area contributed by atoms with Crippen molar-refractivity contribution in [2.24, 2.45) is 0 Å². The van der Waals surface area contributed by atoms with E-state index in [4.69, 9.17) is 0 Å². The van der Waals surface area contributed by atoms with Gasteiger partial charge in [0, 0.05) is 23.8 Å². The molecule has 2 N–H and O–H groups in total. The number of fused-ring (bicyclic) bond motifs is 1. The summed E-state index contributed by atoms with van der Waals surface area (Å²) in [6.07, 6.45) is 4.90. The first kappa shape index (κ1) is 16.0. The van der Waals surface area contributed by atoms with Gasteiger partial charge in [-0.3, -0.25) is 9.78 Å². The molecule has 1 aliphatic rings.